The number of rotatable bonds is 4. The topological polar surface area (TPSA) is 26.0 Å². The maximum atomic E-state index is 6.26. The molecule has 0 aliphatic rings. The fourth-order valence-electron chi connectivity index (χ4n) is 3.65. The van der Waals surface area contributed by atoms with Gasteiger partial charge in [-0.15, -0.1) is 0 Å². The molecule has 2 heteroatoms. The first-order chi connectivity index (χ1) is 13.0. The van der Waals surface area contributed by atoms with Crippen LogP contribution >= 0.6 is 0 Å². The summed E-state index contributed by atoms with van der Waals surface area (Å²) in [7, 11) is 0. The van der Waals surface area contributed by atoms with Crippen molar-refractivity contribution in [3.63, 3.8) is 0 Å². The first kappa shape index (κ1) is 17.5. The third kappa shape index (κ3) is 3.28. The fraction of sp³-hybridized carbons (Fsp3) is 0.240. The van der Waals surface area contributed by atoms with Crippen LogP contribution in [0.15, 0.2) is 71.1 Å². The van der Waals surface area contributed by atoms with Crippen LogP contribution in [-0.4, -0.2) is 4.98 Å². The zero-order valence-electron chi connectivity index (χ0n) is 16.4. The van der Waals surface area contributed by atoms with Crippen molar-refractivity contribution in [1.82, 2.24) is 4.98 Å². The van der Waals surface area contributed by atoms with Crippen molar-refractivity contribution in [1.29, 1.82) is 0 Å². The van der Waals surface area contributed by atoms with E-state index in [1.54, 1.807) is 0 Å². The molecular weight excluding hydrogens is 330 g/mol. The molecule has 0 unspecified atom stereocenters. The second kappa shape index (κ2) is 7.03. The number of fused-ring (bicyclic) bond motifs is 1. The molecule has 4 aromatic rings. The van der Waals surface area contributed by atoms with Gasteiger partial charge in [0.2, 0.25) is 0 Å². The van der Waals surface area contributed by atoms with Crippen LogP contribution in [0, 0.1) is 0 Å². The minimum atomic E-state index is 0.430. The van der Waals surface area contributed by atoms with E-state index in [1.807, 2.05) is 30.3 Å². The number of benzene rings is 2. The highest BCUT2D eigenvalue weighted by atomic mass is 16.3. The largest absolute Gasteiger partial charge is 0.454 e. The lowest BCUT2D eigenvalue weighted by Crippen LogP contribution is -1.98. The van der Waals surface area contributed by atoms with Crippen LogP contribution in [0.4, 0.5) is 0 Å². The van der Waals surface area contributed by atoms with Crippen LogP contribution in [0.25, 0.3) is 33.7 Å². The Labute approximate surface area is 160 Å². The summed E-state index contributed by atoms with van der Waals surface area (Å²) in [5.74, 6) is 1.77. The first-order valence-corrected chi connectivity index (χ1v) is 9.63. The standard InChI is InChI=1S/C25H25NO/c1-16(2)19-11-8-12-20(17(3)4)25(19)24-15-22-23(27-24)14-13-21(26-22)18-9-6-5-7-10-18/h5-17H,1-4H3. The number of hydrogen-bond donors (Lipinski definition) is 0. The molecule has 0 saturated carbocycles. The second-order valence-electron chi connectivity index (χ2n) is 7.68. The molecular formula is C25H25NO. The van der Waals surface area contributed by atoms with E-state index in [2.05, 4.69) is 64.1 Å². The number of pyridine rings is 1. The van der Waals surface area contributed by atoms with E-state index >= 15 is 0 Å². The highest BCUT2D eigenvalue weighted by molar-refractivity contribution is 5.83. The Morgan fingerprint density at radius 2 is 1.41 bits per heavy atom. The van der Waals surface area contributed by atoms with E-state index in [0.717, 1.165) is 28.1 Å². The lowest BCUT2D eigenvalue weighted by atomic mass is 9.87. The monoisotopic (exact) mass is 355 g/mol. The summed E-state index contributed by atoms with van der Waals surface area (Å²) in [5, 5.41) is 0. The second-order valence-corrected chi connectivity index (χ2v) is 7.68. The third-order valence-electron chi connectivity index (χ3n) is 5.06. The molecule has 0 atom stereocenters. The number of aromatic nitrogens is 1. The Morgan fingerprint density at radius 1 is 0.741 bits per heavy atom. The molecule has 0 saturated heterocycles. The number of hydrogen-bond acceptors (Lipinski definition) is 2. The lowest BCUT2D eigenvalue weighted by molar-refractivity contribution is 0.626. The molecule has 0 spiro atoms. The van der Waals surface area contributed by atoms with Gasteiger partial charge < -0.3 is 4.42 Å². The molecule has 4 rings (SSSR count). The van der Waals surface area contributed by atoms with Crippen molar-refractivity contribution in [2.24, 2.45) is 0 Å². The summed E-state index contributed by atoms with van der Waals surface area (Å²) in [5.41, 5.74) is 7.69. The average Bonchev–Trinajstić information content (AvgIpc) is 3.11. The SMILES string of the molecule is CC(C)c1cccc(C(C)C)c1-c1cc2nc(-c3ccccc3)ccc2o1. The Bertz CT molecular complexity index is 1050. The molecule has 2 nitrogen and oxygen atoms in total. The molecule has 0 aliphatic heterocycles. The van der Waals surface area contributed by atoms with E-state index in [4.69, 9.17) is 9.40 Å². The smallest absolute Gasteiger partial charge is 0.153 e. The van der Waals surface area contributed by atoms with Crippen LogP contribution in [0.3, 0.4) is 0 Å². The average molecular weight is 355 g/mol. The summed E-state index contributed by atoms with van der Waals surface area (Å²) < 4.78 is 6.26. The quantitative estimate of drug-likeness (QED) is 0.381. The normalized spacial score (nSPS) is 11.6. The van der Waals surface area contributed by atoms with Gasteiger partial charge in [0.1, 0.15) is 11.3 Å². The summed E-state index contributed by atoms with van der Waals surface area (Å²) in [6, 6.07) is 23.0. The van der Waals surface area contributed by atoms with Crippen LogP contribution in [0.5, 0.6) is 0 Å². The summed E-state index contributed by atoms with van der Waals surface area (Å²) in [6.45, 7) is 8.93. The fourth-order valence-corrected chi connectivity index (χ4v) is 3.65. The molecule has 0 amide bonds. The van der Waals surface area contributed by atoms with Crippen molar-refractivity contribution >= 4 is 11.1 Å². The summed E-state index contributed by atoms with van der Waals surface area (Å²) in [4.78, 5) is 4.85. The Balaban J connectivity index is 1.88. The van der Waals surface area contributed by atoms with Crippen molar-refractivity contribution < 1.29 is 4.42 Å². The van der Waals surface area contributed by atoms with Crippen LogP contribution in [0.2, 0.25) is 0 Å². The molecule has 2 heterocycles. The zero-order chi connectivity index (χ0) is 19.0. The Morgan fingerprint density at radius 3 is 2.04 bits per heavy atom. The van der Waals surface area contributed by atoms with Gasteiger partial charge in [0.15, 0.2) is 5.58 Å². The van der Waals surface area contributed by atoms with Gasteiger partial charge in [0.25, 0.3) is 0 Å². The zero-order valence-corrected chi connectivity index (χ0v) is 16.4. The lowest BCUT2D eigenvalue weighted by Gasteiger charge is -2.17. The van der Waals surface area contributed by atoms with E-state index in [-0.39, 0.29) is 0 Å². The van der Waals surface area contributed by atoms with Gasteiger partial charge in [0.05, 0.1) is 5.69 Å². The summed E-state index contributed by atoms with van der Waals surface area (Å²) in [6.07, 6.45) is 0. The highest BCUT2D eigenvalue weighted by Gasteiger charge is 2.19. The minimum Gasteiger partial charge on any atom is -0.454 e. The molecule has 2 aromatic heterocycles. The minimum absolute atomic E-state index is 0.430. The van der Waals surface area contributed by atoms with Crippen molar-refractivity contribution in [3.05, 3.63) is 77.9 Å². The van der Waals surface area contributed by atoms with Gasteiger partial charge in [-0.3, -0.25) is 0 Å². The molecule has 0 fully saturated rings. The van der Waals surface area contributed by atoms with Crippen LogP contribution in [-0.2, 0) is 0 Å². The highest BCUT2D eigenvalue weighted by Crippen LogP contribution is 2.38. The first-order valence-electron chi connectivity index (χ1n) is 9.63. The Kier molecular flexibility index (Phi) is 4.57. The van der Waals surface area contributed by atoms with Crippen molar-refractivity contribution in [2.75, 3.05) is 0 Å². The number of furan rings is 1. The van der Waals surface area contributed by atoms with E-state index in [1.165, 1.54) is 16.7 Å². The molecule has 0 N–H and O–H groups in total. The number of nitrogens with zero attached hydrogens (tertiary/aromatic N) is 1. The van der Waals surface area contributed by atoms with Gasteiger partial charge >= 0.3 is 0 Å². The maximum absolute atomic E-state index is 6.26. The molecule has 0 aliphatic carbocycles. The predicted molar refractivity (Wildman–Crippen MR) is 113 cm³/mol. The van der Waals surface area contributed by atoms with Crippen molar-refractivity contribution in [3.8, 4) is 22.6 Å². The van der Waals surface area contributed by atoms with Gasteiger partial charge in [-0.2, -0.15) is 0 Å². The van der Waals surface area contributed by atoms with Crippen LogP contribution < -0.4 is 0 Å². The molecule has 0 radical (unpaired) electrons. The summed E-state index contributed by atoms with van der Waals surface area (Å²) >= 11 is 0. The third-order valence-corrected chi connectivity index (χ3v) is 5.06. The molecule has 136 valence electrons. The van der Waals surface area contributed by atoms with Crippen molar-refractivity contribution in [2.45, 2.75) is 39.5 Å². The molecule has 2 aromatic carbocycles. The van der Waals surface area contributed by atoms with E-state index in [0.29, 0.717) is 11.8 Å². The molecule has 27 heavy (non-hydrogen) atoms. The van der Waals surface area contributed by atoms with Crippen LogP contribution in [0.1, 0.15) is 50.7 Å². The van der Waals surface area contributed by atoms with E-state index in [9.17, 15) is 0 Å². The van der Waals surface area contributed by atoms with Gasteiger partial charge in [-0.25, -0.2) is 4.98 Å². The molecule has 0 bridgehead atoms. The van der Waals surface area contributed by atoms with E-state index < -0.39 is 0 Å². The Hall–Kier alpha value is -2.87. The van der Waals surface area contributed by atoms with Gasteiger partial charge in [-0.05, 0) is 35.1 Å². The van der Waals surface area contributed by atoms with Gasteiger partial charge in [0, 0.05) is 17.2 Å². The predicted octanol–water partition coefficient (Wildman–Crippen LogP) is 7.41. The van der Waals surface area contributed by atoms with Gasteiger partial charge in [-0.1, -0.05) is 76.2 Å². The maximum Gasteiger partial charge on any atom is 0.153 e.